The molecule has 0 fully saturated rings. The van der Waals surface area contributed by atoms with Crippen LogP contribution >= 0.6 is 0 Å². The smallest absolute Gasteiger partial charge is 0.222 e. The number of hydrogen-bond donors (Lipinski definition) is 1. The molecular formula is C18H15FN2O5. The number of aromatic hydroxyl groups is 1. The van der Waals surface area contributed by atoms with E-state index >= 15 is 0 Å². The van der Waals surface area contributed by atoms with Crippen LogP contribution in [-0.4, -0.2) is 23.6 Å². The van der Waals surface area contributed by atoms with E-state index in [1.807, 2.05) is 0 Å². The average molecular weight is 358 g/mol. The molecule has 0 saturated carbocycles. The molecule has 0 atom stereocenters. The highest BCUT2D eigenvalue weighted by Crippen LogP contribution is 2.41. The van der Waals surface area contributed by atoms with Gasteiger partial charge in [-0.2, -0.15) is 0 Å². The van der Waals surface area contributed by atoms with Crippen molar-refractivity contribution < 1.29 is 23.7 Å². The van der Waals surface area contributed by atoms with Gasteiger partial charge in [-0.05, 0) is 29.4 Å². The van der Waals surface area contributed by atoms with Gasteiger partial charge in [-0.3, -0.25) is 0 Å². The van der Waals surface area contributed by atoms with Crippen molar-refractivity contribution in [1.29, 1.82) is 0 Å². The Labute approximate surface area is 147 Å². The second kappa shape index (κ2) is 6.30. The summed E-state index contributed by atoms with van der Waals surface area (Å²) in [7, 11) is 1.52. The number of aromatic nitrogens is 1. The summed E-state index contributed by atoms with van der Waals surface area (Å²) in [6.07, 6.45) is 0. The molecule has 7 nitrogen and oxygen atoms in total. The molecule has 3 aromatic rings. The van der Waals surface area contributed by atoms with Gasteiger partial charge >= 0.3 is 0 Å². The first-order valence-corrected chi connectivity index (χ1v) is 7.86. The first-order valence-electron chi connectivity index (χ1n) is 7.86. The molecule has 0 aliphatic carbocycles. The number of ether oxygens (including phenoxy) is 3. The lowest BCUT2D eigenvalue weighted by Crippen LogP contribution is -2.14. The molecule has 0 spiro atoms. The van der Waals surface area contributed by atoms with Gasteiger partial charge in [-0.1, -0.05) is 0 Å². The van der Waals surface area contributed by atoms with Gasteiger partial charge in [0, 0.05) is 22.6 Å². The zero-order valence-corrected chi connectivity index (χ0v) is 13.9. The van der Waals surface area contributed by atoms with Crippen LogP contribution in [0.15, 0.2) is 35.5 Å². The van der Waals surface area contributed by atoms with Gasteiger partial charge in [0.25, 0.3) is 0 Å². The van der Waals surface area contributed by atoms with Crippen molar-refractivity contribution in [1.82, 2.24) is 4.57 Å². The highest BCUT2D eigenvalue weighted by atomic mass is 19.1. The molecule has 134 valence electrons. The molecule has 0 bridgehead atoms. The molecule has 0 unspecified atom stereocenters. The zero-order chi connectivity index (χ0) is 18.3. The van der Waals surface area contributed by atoms with E-state index in [0.29, 0.717) is 33.5 Å². The number of nitroso groups, excluding NO2 is 1. The topological polar surface area (TPSA) is 82.3 Å². The summed E-state index contributed by atoms with van der Waals surface area (Å²) < 4.78 is 31.4. The number of rotatable bonds is 4. The predicted molar refractivity (Wildman–Crippen MR) is 91.4 cm³/mol. The number of methoxy groups -OCH3 is 1. The molecule has 0 saturated heterocycles. The van der Waals surface area contributed by atoms with Gasteiger partial charge in [0.15, 0.2) is 12.5 Å². The number of benzene rings is 2. The van der Waals surface area contributed by atoms with Crippen LogP contribution in [0.25, 0.3) is 10.9 Å². The minimum absolute atomic E-state index is 0.0685. The highest BCUT2D eigenvalue weighted by molar-refractivity contribution is 5.96. The Bertz CT molecular complexity index is 1010. The largest absolute Gasteiger partial charge is 0.497 e. The van der Waals surface area contributed by atoms with Crippen molar-refractivity contribution in [2.75, 3.05) is 13.9 Å². The number of hydrogen-bond acceptors (Lipinski definition) is 6. The van der Waals surface area contributed by atoms with E-state index in [2.05, 4.69) is 5.18 Å². The molecular weight excluding hydrogens is 343 g/mol. The monoisotopic (exact) mass is 358 g/mol. The van der Waals surface area contributed by atoms with Gasteiger partial charge in [0.05, 0.1) is 25.8 Å². The van der Waals surface area contributed by atoms with Gasteiger partial charge in [0.2, 0.25) is 5.88 Å². The fourth-order valence-electron chi connectivity index (χ4n) is 3.22. The molecule has 8 heteroatoms. The van der Waals surface area contributed by atoms with Gasteiger partial charge < -0.3 is 23.9 Å². The van der Waals surface area contributed by atoms with Crippen LogP contribution < -0.4 is 9.47 Å². The van der Waals surface area contributed by atoms with E-state index in [1.54, 1.807) is 18.2 Å². The van der Waals surface area contributed by atoms with Gasteiger partial charge in [-0.25, -0.2) is 4.39 Å². The fraction of sp³-hybridized carbons (Fsp3) is 0.222. The van der Waals surface area contributed by atoms with Crippen LogP contribution in [-0.2, 0) is 17.9 Å². The molecule has 1 aliphatic rings. The highest BCUT2D eigenvalue weighted by Gasteiger charge is 2.22. The van der Waals surface area contributed by atoms with E-state index in [-0.39, 0.29) is 31.5 Å². The van der Waals surface area contributed by atoms with Crippen LogP contribution in [0.5, 0.6) is 17.4 Å². The minimum atomic E-state index is -0.435. The molecule has 1 N–H and O–H groups in total. The first-order chi connectivity index (χ1) is 12.6. The zero-order valence-electron chi connectivity index (χ0n) is 13.9. The Balaban J connectivity index is 1.89. The van der Waals surface area contributed by atoms with E-state index < -0.39 is 5.82 Å². The second-order valence-electron chi connectivity index (χ2n) is 5.90. The lowest BCUT2D eigenvalue weighted by Gasteiger charge is -2.21. The van der Waals surface area contributed by atoms with Crippen molar-refractivity contribution >= 4 is 16.6 Å². The normalized spacial score (nSPS) is 13.3. The fourth-order valence-corrected chi connectivity index (χ4v) is 3.22. The van der Waals surface area contributed by atoms with Crippen LogP contribution in [0.4, 0.5) is 10.1 Å². The van der Waals surface area contributed by atoms with Crippen molar-refractivity contribution in [3.05, 3.63) is 52.2 Å². The lowest BCUT2D eigenvalue weighted by atomic mass is 10.1. The third-order valence-electron chi connectivity index (χ3n) is 4.39. The summed E-state index contributed by atoms with van der Waals surface area (Å²) in [4.78, 5) is 11.2. The van der Waals surface area contributed by atoms with Crippen LogP contribution in [0, 0.1) is 10.7 Å². The summed E-state index contributed by atoms with van der Waals surface area (Å²) in [6.45, 7) is 0.400. The molecule has 4 rings (SSSR count). The molecule has 2 aromatic carbocycles. The Morgan fingerprint density at radius 2 is 2.19 bits per heavy atom. The van der Waals surface area contributed by atoms with Crippen LogP contribution in [0.2, 0.25) is 0 Å². The Morgan fingerprint density at radius 1 is 1.35 bits per heavy atom. The maximum Gasteiger partial charge on any atom is 0.222 e. The number of fused-ring (bicyclic) bond motifs is 2. The van der Waals surface area contributed by atoms with Gasteiger partial charge in [0.1, 0.15) is 17.3 Å². The van der Waals surface area contributed by atoms with Crippen molar-refractivity contribution in [3.8, 4) is 17.4 Å². The van der Waals surface area contributed by atoms with Crippen molar-refractivity contribution in [2.45, 2.75) is 13.2 Å². The van der Waals surface area contributed by atoms with E-state index in [9.17, 15) is 14.4 Å². The standard InChI is InChI=1S/C18H15FN2O5/c1-24-13-2-3-14-15(6-13)21(18(22)16(14)20-23)7-10-4-12(19)5-11-8-25-9-26-17(10)11/h2-6,22H,7-9H2,1H3. The summed E-state index contributed by atoms with van der Waals surface area (Å²) in [5.74, 6) is 0.338. The second-order valence-corrected chi connectivity index (χ2v) is 5.90. The van der Waals surface area contributed by atoms with Crippen LogP contribution in [0.1, 0.15) is 11.1 Å². The molecule has 2 heterocycles. The molecule has 1 aliphatic heterocycles. The average Bonchev–Trinajstić information content (AvgIpc) is 2.92. The Morgan fingerprint density at radius 3 is 2.96 bits per heavy atom. The minimum Gasteiger partial charge on any atom is -0.497 e. The number of nitrogens with zero attached hydrogens (tertiary/aromatic N) is 2. The molecule has 0 amide bonds. The first kappa shape index (κ1) is 16.3. The van der Waals surface area contributed by atoms with Gasteiger partial charge in [-0.15, -0.1) is 4.91 Å². The Kier molecular flexibility index (Phi) is 3.96. The third-order valence-corrected chi connectivity index (χ3v) is 4.39. The van der Waals surface area contributed by atoms with E-state index in [4.69, 9.17) is 14.2 Å². The maximum absolute atomic E-state index is 14.0. The summed E-state index contributed by atoms with van der Waals surface area (Å²) in [6, 6.07) is 7.69. The van der Waals surface area contributed by atoms with Crippen LogP contribution in [0.3, 0.4) is 0 Å². The Hall–Kier alpha value is -3.13. The summed E-state index contributed by atoms with van der Waals surface area (Å²) in [5, 5.41) is 13.9. The summed E-state index contributed by atoms with van der Waals surface area (Å²) in [5.41, 5.74) is 1.59. The number of halogens is 1. The maximum atomic E-state index is 14.0. The van der Waals surface area contributed by atoms with Crippen molar-refractivity contribution in [3.63, 3.8) is 0 Å². The SMILES string of the molecule is COc1ccc2c(N=O)c(O)n(Cc3cc(F)cc4c3OCOC4)c2c1. The predicted octanol–water partition coefficient (Wildman–Crippen LogP) is 3.81. The molecule has 0 radical (unpaired) electrons. The lowest BCUT2D eigenvalue weighted by molar-refractivity contribution is -0.0173. The quantitative estimate of drug-likeness (QED) is 0.717. The third kappa shape index (κ3) is 2.55. The molecule has 1 aromatic heterocycles. The van der Waals surface area contributed by atoms with Crippen molar-refractivity contribution in [2.24, 2.45) is 5.18 Å². The summed E-state index contributed by atoms with van der Waals surface area (Å²) >= 11 is 0. The van der Waals surface area contributed by atoms with E-state index in [0.717, 1.165) is 0 Å². The van der Waals surface area contributed by atoms with E-state index in [1.165, 1.54) is 23.8 Å². The molecule has 26 heavy (non-hydrogen) atoms.